The molecule has 0 aliphatic heterocycles. The molecule has 0 radical (unpaired) electrons. The Labute approximate surface area is 141 Å². The topological polar surface area (TPSA) is 58.2 Å². The van der Waals surface area contributed by atoms with Gasteiger partial charge in [0.2, 0.25) is 5.91 Å². The zero-order chi connectivity index (χ0) is 17.4. The van der Waals surface area contributed by atoms with Gasteiger partial charge in [-0.1, -0.05) is 32.1 Å². The first-order chi connectivity index (χ1) is 11.6. The molecule has 1 fully saturated rings. The molecule has 0 heterocycles. The zero-order valence-electron chi connectivity index (χ0n) is 13.7. The van der Waals surface area contributed by atoms with E-state index in [1.807, 2.05) is 0 Å². The maximum atomic E-state index is 13.4. The molecule has 0 unspecified atom stereocenters. The molecule has 1 saturated carbocycles. The fraction of sp³-hybridized carbons (Fsp3) is 0.556. The van der Waals surface area contributed by atoms with Gasteiger partial charge in [0.1, 0.15) is 11.6 Å². The predicted octanol–water partition coefficient (Wildman–Crippen LogP) is 3.17. The monoisotopic (exact) mass is 338 g/mol. The second-order valence-electron chi connectivity index (χ2n) is 6.27. The molecule has 1 aliphatic carbocycles. The smallest absolute Gasteiger partial charge is 0.254 e. The van der Waals surface area contributed by atoms with E-state index in [0.29, 0.717) is 18.4 Å². The van der Waals surface area contributed by atoms with Crippen LogP contribution in [0.1, 0.15) is 55.3 Å². The van der Waals surface area contributed by atoms with E-state index < -0.39 is 17.5 Å². The maximum absolute atomic E-state index is 13.4. The molecule has 6 heteroatoms. The van der Waals surface area contributed by atoms with Crippen LogP contribution >= 0.6 is 0 Å². The minimum Gasteiger partial charge on any atom is -0.354 e. The van der Waals surface area contributed by atoms with Crippen LogP contribution in [0.3, 0.4) is 0 Å². The lowest BCUT2D eigenvalue weighted by molar-refractivity contribution is -0.121. The van der Waals surface area contributed by atoms with Crippen molar-refractivity contribution in [2.75, 3.05) is 13.1 Å². The van der Waals surface area contributed by atoms with Crippen LogP contribution in [0.2, 0.25) is 0 Å². The van der Waals surface area contributed by atoms with Crippen molar-refractivity contribution in [2.24, 2.45) is 5.92 Å². The summed E-state index contributed by atoms with van der Waals surface area (Å²) < 4.78 is 26.2. The molecule has 2 rings (SSSR count). The summed E-state index contributed by atoms with van der Waals surface area (Å²) in [6.07, 6.45) is 7.68. The Morgan fingerprint density at radius 3 is 2.46 bits per heavy atom. The van der Waals surface area contributed by atoms with Gasteiger partial charge >= 0.3 is 0 Å². The molecule has 0 spiro atoms. The number of halogens is 2. The van der Waals surface area contributed by atoms with Crippen LogP contribution in [0, 0.1) is 17.6 Å². The summed E-state index contributed by atoms with van der Waals surface area (Å²) in [5, 5.41) is 5.25. The highest BCUT2D eigenvalue weighted by Gasteiger charge is 2.15. The number of carbonyl (C=O) groups excluding carboxylic acids is 2. The van der Waals surface area contributed by atoms with Gasteiger partial charge in [-0.3, -0.25) is 9.59 Å². The van der Waals surface area contributed by atoms with Crippen molar-refractivity contribution in [3.63, 3.8) is 0 Å². The molecule has 132 valence electrons. The van der Waals surface area contributed by atoms with Crippen LogP contribution in [-0.4, -0.2) is 24.9 Å². The Balaban J connectivity index is 1.61. The highest BCUT2D eigenvalue weighted by molar-refractivity contribution is 5.94. The number of carbonyl (C=O) groups is 2. The first-order valence-corrected chi connectivity index (χ1v) is 8.56. The van der Waals surface area contributed by atoms with Crippen LogP contribution in [0.25, 0.3) is 0 Å². The quantitative estimate of drug-likeness (QED) is 0.750. The summed E-state index contributed by atoms with van der Waals surface area (Å²) in [6.45, 7) is 0.489. The fourth-order valence-corrected chi connectivity index (χ4v) is 3.05. The second-order valence-corrected chi connectivity index (χ2v) is 6.27. The van der Waals surface area contributed by atoms with Crippen molar-refractivity contribution < 1.29 is 18.4 Å². The number of amides is 2. The standard InChI is InChI=1S/C18H24F2N2O2/c19-14-7-8-15(16(20)12-14)18(24)22-11-10-21-17(23)9-6-13-4-2-1-3-5-13/h7-8,12-13H,1-6,9-11H2,(H,21,23)(H,22,24). The van der Waals surface area contributed by atoms with E-state index in [2.05, 4.69) is 10.6 Å². The third-order valence-electron chi connectivity index (χ3n) is 4.41. The molecule has 1 aromatic carbocycles. The van der Waals surface area contributed by atoms with Gasteiger partial charge in [0, 0.05) is 25.6 Å². The summed E-state index contributed by atoms with van der Waals surface area (Å²) in [7, 11) is 0. The third-order valence-corrected chi connectivity index (χ3v) is 4.41. The van der Waals surface area contributed by atoms with Crippen LogP contribution in [0.4, 0.5) is 8.78 Å². The molecular weight excluding hydrogens is 314 g/mol. The molecule has 24 heavy (non-hydrogen) atoms. The van der Waals surface area contributed by atoms with Crippen molar-refractivity contribution >= 4 is 11.8 Å². The van der Waals surface area contributed by atoms with E-state index in [0.717, 1.165) is 18.6 Å². The van der Waals surface area contributed by atoms with Gasteiger partial charge in [0.25, 0.3) is 5.91 Å². The van der Waals surface area contributed by atoms with Crippen LogP contribution < -0.4 is 10.6 Å². The number of hydrogen-bond acceptors (Lipinski definition) is 2. The Bertz CT molecular complexity index is 572. The lowest BCUT2D eigenvalue weighted by atomic mass is 9.86. The second kappa shape index (κ2) is 9.35. The fourth-order valence-electron chi connectivity index (χ4n) is 3.05. The lowest BCUT2D eigenvalue weighted by Gasteiger charge is -2.20. The minimum absolute atomic E-state index is 0.0252. The van der Waals surface area contributed by atoms with Gasteiger partial charge in [-0.15, -0.1) is 0 Å². The Hall–Kier alpha value is -1.98. The summed E-state index contributed by atoms with van der Waals surface area (Å²) in [5.41, 5.74) is -0.208. The number of hydrogen-bond donors (Lipinski definition) is 2. The minimum atomic E-state index is -0.899. The van der Waals surface area contributed by atoms with Gasteiger partial charge < -0.3 is 10.6 Å². The Kier molecular flexibility index (Phi) is 7.15. The Morgan fingerprint density at radius 1 is 1.04 bits per heavy atom. The number of nitrogens with one attached hydrogen (secondary N) is 2. The van der Waals surface area contributed by atoms with Crippen molar-refractivity contribution in [1.82, 2.24) is 10.6 Å². The van der Waals surface area contributed by atoms with Gasteiger partial charge in [-0.2, -0.15) is 0 Å². The normalized spacial score (nSPS) is 15.1. The van der Waals surface area contributed by atoms with Gasteiger partial charge in [-0.05, 0) is 24.5 Å². The predicted molar refractivity (Wildman–Crippen MR) is 87.5 cm³/mol. The third kappa shape index (κ3) is 5.91. The first kappa shape index (κ1) is 18.4. The molecule has 0 bridgehead atoms. The molecule has 0 atom stereocenters. The average molecular weight is 338 g/mol. The molecule has 2 amide bonds. The SMILES string of the molecule is O=C(CCC1CCCCC1)NCCNC(=O)c1ccc(F)cc1F. The van der Waals surface area contributed by atoms with E-state index in [4.69, 9.17) is 0 Å². The Morgan fingerprint density at radius 2 is 1.75 bits per heavy atom. The average Bonchev–Trinajstić information content (AvgIpc) is 2.57. The van der Waals surface area contributed by atoms with E-state index in [9.17, 15) is 18.4 Å². The largest absolute Gasteiger partial charge is 0.354 e. The molecule has 0 saturated heterocycles. The molecule has 2 N–H and O–H groups in total. The summed E-state index contributed by atoms with van der Waals surface area (Å²) >= 11 is 0. The number of benzene rings is 1. The molecule has 1 aliphatic rings. The first-order valence-electron chi connectivity index (χ1n) is 8.56. The summed E-state index contributed by atoms with van der Waals surface area (Å²) in [4.78, 5) is 23.5. The molecule has 4 nitrogen and oxygen atoms in total. The summed E-state index contributed by atoms with van der Waals surface area (Å²) in [6, 6.07) is 2.80. The number of rotatable bonds is 7. The van der Waals surface area contributed by atoms with Gasteiger partial charge in [-0.25, -0.2) is 8.78 Å². The highest BCUT2D eigenvalue weighted by Crippen LogP contribution is 2.27. The maximum Gasteiger partial charge on any atom is 0.254 e. The van der Waals surface area contributed by atoms with Crippen molar-refractivity contribution in [3.8, 4) is 0 Å². The highest BCUT2D eigenvalue weighted by atomic mass is 19.1. The van der Waals surface area contributed by atoms with Crippen molar-refractivity contribution in [1.29, 1.82) is 0 Å². The molecular formula is C18H24F2N2O2. The lowest BCUT2D eigenvalue weighted by Crippen LogP contribution is -2.35. The van der Waals surface area contributed by atoms with Crippen LogP contribution in [0.5, 0.6) is 0 Å². The van der Waals surface area contributed by atoms with E-state index in [1.54, 1.807) is 0 Å². The molecule has 0 aromatic heterocycles. The van der Waals surface area contributed by atoms with Gasteiger partial charge in [0.15, 0.2) is 0 Å². The van der Waals surface area contributed by atoms with E-state index >= 15 is 0 Å². The van der Waals surface area contributed by atoms with E-state index in [1.165, 1.54) is 32.1 Å². The van der Waals surface area contributed by atoms with Crippen LogP contribution in [0.15, 0.2) is 18.2 Å². The van der Waals surface area contributed by atoms with E-state index in [-0.39, 0.29) is 24.6 Å². The molecule has 1 aromatic rings. The zero-order valence-corrected chi connectivity index (χ0v) is 13.7. The van der Waals surface area contributed by atoms with Gasteiger partial charge in [0.05, 0.1) is 5.56 Å². The summed E-state index contributed by atoms with van der Waals surface area (Å²) in [5.74, 6) is -1.62. The van der Waals surface area contributed by atoms with Crippen LogP contribution in [-0.2, 0) is 4.79 Å². The van der Waals surface area contributed by atoms with Crippen molar-refractivity contribution in [3.05, 3.63) is 35.4 Å². The van der Waals surface area contributed by atoms with Crippen molar-refractivity contribution in [2.45, 2.75) is 44.9 Å².